The third-order valence-corrected chi connectivity index (χ3v) is 3.09. The molecule has 0 saturated heterocycles. The molecule has 1 amide bonds. The van der Waals surface area contributed by atoms with Gasteiger partial charge in [-0.1, -0.05) is 0 Å². The summed E-state index contributed by atoms with van der Waals surface area (Å²) in [5, 5.41) is 20.0. The predicted molar refractivity (Wildman–Crippen MR) is 74.4 cm³/mol. The van der Waals surface area contributed by atoms with Crippen LogP contribution in [-0.2, 0) is 9.53 Å². The Morgan fingerprint density at radius 1 is 1.32 bits per heavy atom. The Morgan fingerprint density at radius 2 is 1.95 bits per heavy atom. The van der Waals surface area contributed by atoms with Gasteiger partial charge in [-0.2, -0.15) is 11.8 Å². The molecule has 0 bridgehead atoms. The van der Waals surface area contributed by atoms with Crippen molar-refractivity contribution in [1.29, 1.82) is 0 Å². The normalized spacial score (nSPS) is 12.8. The van der Waals surface area contributed by atoms with Crippen LogP contribution in [-0.4, -0.2) is 52.0 Å². The van der Waals surface area contributed by atoms with Crippen LogP contribution in [0.25, 0.3) is 0 Å². The fourth-order valence-electron chi connectivity index (χ4n) is 1.18. The summed E-state index contributed by atoms with van der Waals surface area (Å²) in [5.41, 5.74) is -0.650. The number of hydrogen-bond acceptors (Lipinski definition) is 5. The number of thioether (sulfide) groups is 1. The Morgan fingerprint density at radius 3 is 2.42 bits per heavy atom. The Labute approximate surface area is 117 Å². The molecule has 0 aromatic rings. The van der Waals surface area contributed by atoms with Crippen molar-refractivity contribution in [3.05, 3.63) is 0 Å². The highest BCUT2D eigenvalue weighted by Gasteiger charge is 2.23. The van der Waals surface area contributed by atoms with Gasteiger partial charge < -0.3 is 20.3 Å². The molecule has 7 heteroatoms. The third-order valence-electron chi connectivity index (χ3n) is 1.99. The number of nitrogens with one attached hydrogen (secondary N) is 1. The lowest BCUT2D eigenvalue weighted by Crippen LogP contribution is -2.43. The van der Waals surface area contributed by atoms with Crippen LogP contribution >= 0.6 is 11.8 Å². The first-order valence-corrected chi connectivity index (χ1v) is 7.32. The van der Waals surface area contributed by atoms with Crippen molar-refractivity contribution in [1.82, 2.24) is 5.32 Å². The number of alkyl carbamates (subject to hydrolysis) is 1. The molecule has 0 aliphatic heterocycles. The second-order valence-electron chi connectivity index (χ2n) is 5.02. The second-order valence-corrected chi connectivity index (χ2v) is 6.24. The Balaban J connectivity index is 4.05. The van der Waals surface area contributed by atoms with E-state index in [4.69, 9.17) is 14.9 Å². The molecule has 0 heterocycles. The van der Waals surface area contributed by atoms with Crippen molar-refractivity contribution >= 4 is 23.8 Å². The molecule has 0 aliphatic carbocycles. The summed E-state index contributed by atoms with van der Waals surface area (Å²) in [7, 11) is 0. The number of carboxylic acids is 1. The fraction of sp³-hybridized carbons (Fsp3) is 0.833. The fourth-order valence-corrected chi connectivity index (χ4v) is 2.12. The van der Waals surface area contributed by atoms with Crippen LogP contribution in [0.4, 0.5) is 4.79 Å². The summed E-state index contributed by atoms with van der Waals surface area (Å²) in [5.74, 6) is 0.302. The molecule has 19 heavy (non-hydrogen) atoms. The number of amides is 1. The molecule has 3 N–H and O–H groups in total. The standard InChI is InChI=1S/C12H23NO5S/c1-12(2,3)18-11(17)13-9(10(15)16)5-8-19-7-4-6-14/h9,14H,4-8H2,1-3H3,(H,13,17)(H,15,16)/t9-/m0/s1. The topological polar surface area (TPSA) is 95.9 Å². The minimum atomic E-state index is -1.08. The molecule has 0 aromatic carbocycles. The van der Waals surface area contributed by atoms with E-state index in [1.165, 1.54) is 0 Å². The number of aliphatic carboxylic acids is 1. The van der Waals surface area contributed by atoms with Gasteiger partial charge in [-0.25, -0.2) is 9.59 Å². The average Bonchev–Trinajstić information content (AvgIpc) is 2.24. The van der Waals surface area contributed by atoms with Gasteiger partial charge in [-0.05, 0) is 45.1 Å². The lowest BCUT2D eigenvalue weighted by Gasteiger charge is -2.21. The molecule has 0 fully saturated rings. The number of aliphatic hydroxyl groups is 1. The highest BCUT2D eigenvalue weighted by atomic mass is 32.2. The summed E-state index contributed by atoms with van der Waals surface area (Å²) >= 11 is 1.55. The van der Waals surface area contributed by atoms with E-state index >= 15 is 0 Å². The number of ether oxygens (including phenoxy) is 1. The molecular formula is C12H23NO5S. The number of aliphatic hydroxyl groups excluding tert-OH is 1. The van der Waals surface area contributed by atoms with E-state index in [1.54, 1.807) is 32.5 Å². The largest absolute Gasteiger partial charge is 0.480 e. The van der Waals surface area contributed by atoms with E-state index in [1.807, 2.05) is 0 Å². The number of carbonyl (C=O) groups is 2. The smallest absolute Gasteiger partial charge is 0.408 e. The SMILES string of the molecule is CC(C)(C)OC(=O)N[C@@H](CCSCCCO)C(=O)O. The van der Waals surface area contributed by atoms with Gasteiger partial charge in [0.15, 0.2) is 0 Å². The zero-order valence-electron chi connectivity index (χ0n) is 11.6. The van der Waals surface area contributed by atoms with Gasteiger partial charge in [0.05, 0.1) is 0 Å². The second kappa shape index (κ2) is 9.03. The Kier molecular flexibility index (Phi) is 8.58. The minimum absolute atomic E-state index is 0.130. The highest BCUT2D eigenvalue weighted by molar-refractivity contribution is 7.99. The maximum Gasteiger partial charge on any atom is 0.408 e. The number of rotatable bonds is 8. The van der Waals surface area contributed by atoms with Gasteiger partial charge in [0, 0.05) is 6.61 Å². The van der Waals surface area contributed by atoms with Crippen molar-refractivity contribution in [2.75, 3.05) is 18.1 Å². The van der Waals surface area contributed by atoms with Gasteiger partial charge in [-0.15, -0.1) is 0 Å². The molecule has 1 atom stereocenters. The van der Waals surface area contributed by atoms with Crippen LogP contribution in [0.15, 0.2) is 0 Å². The number of carboxylic acid groups (broad SMARTS) is 1. The van der Waals surface area contributed by atoms with E-state index in [-0.39, 0.29) is 6.61 Å². The molecule has 0 aliphatic rings. The van der Waals surface area contributed by atoms with Crippen LogP contribution in [0.2, 0.25) is 0 Å². The van der Waals surface area contributed by atoms with Crippen molar-refractivity contribution < 1.29 is 24.5 Å². The minimum Gasteiger partial charge on any atom is -0.480 e. The molecule has 0 spiro atoms. The Bertz CT molecular complexity index is 290. The zero-order valence-corrected chi connectivity index (χ0v) is 12.5. The quantitative estimate of drug-likeness (QED) is 0.587. The first kappa shape index (κ1) is 18.0. The molecule has 0 radical (unpaired) electrons. The zero-order chi connectivity index (χ0) is 14.9. The Hall–Kier alpha value is -0.950. The van der Waals surface area contributed by atoms with E-state index in [0.717, 1.165) is 5.75 Å². The highest BCUT2D eigenvalue weighted by Crippen LogP contribution is 2.09. The summed E-state index contributed by atoms with van der Waals surface area (Å²) in [6, 6.07) is -0.948. The third kappa shape index (κ3) is 10.6. The first-order chi connectivity index (χ1) is 8.76. The maximum atomic E-state index is 11.5. The number of carbonyl (C=O) groups excluding carboxylic acids is 1. The van der Waals surface area contributed by atoms with Crippen molar-refractivity contribution in [2.24, 2.45) is 0 Å². The van der Waals surface area contributed by atoms with Gasteiger partial charge in [0.1, 0.15) is 11.6 Å². The van der Waals surface area contributed by atoms with E-state index < -0.39 is 23.7 Å². The van der Waals surface area contributed by atoms with Gasteiger partial charge in [-0.3, -0.25) is 0 Å². The molecule has 0 unspecified atom stereocenters. The first-order valence-electron chi connectivity index (χ1n) is 6.17. The van der Waals surface area contributed by atoms with Crippen LogP contribution in [0.3, 0.4) is 0 Å². The van der Waals surface area contributed by atoms with Crippen molar-refractivity contribution in [3.8, 4) is 0 Å². The summed E-state index contributed by atoms with van der Waals surface area (Å²) in [6.45, 7) is 5.28. The van der Waals surface area contributed by atoms with Crippen molar-refractivity contribution in [2.45, 2.75) is 45.3 Å². The molecule has 0 saturated carbocycles. The molecular weight excluding hydrogens is 270 g/mol. The van der Waals surface area contributed by atoms with Crippen LogP contribution in [0.1, 0.15) is 33.6 Å². The van der Waals surface area contributed by atoms with Crippen LogP contribution in [0, 0.1) is 0 Å². The van der Waals surface area contributed by atoms with E-state index in [2.05, 4.69) is 5.32 Å². The van der Waals surface area contributed by atoms with Gasteiger partial charge >= 0.3 is 12.1 Å². The number of hydrogen-bond donors (Lipinski definition) is 3. The lowest BCUT2D eigenvalue weighted by molar-refractivity contribution is -0.139. The van der Waals surface area contributed by atoms with Crippen molar-refractivity contribution in [3.63, 3.8) is 0 Å². The van der Waals surface area contributed by atoms with Crippen LogP contribution in [0.5, 0.6) is 0 Å². The molecule has 6 nitrogen and oxygen atoms in total. The maximum absolute atomic E-state index is 11.5. The summed E-state index contributed by atoms with van der Waals surface area (Å²) in [4.78, 5) is 22.5. The average molecular weight is 293 g/mol. The van der Waals surface area contributed by atoms with E-state index in [9.17, 15) is 9.59 Å². The lowest BCUT2D eigenvalue weighted by atomic mass is 10.2. The predicted octanol–water partition coefficient (Wildman–Crippen LogP) is 1.47. The van der Waals surface area contributed by atoms with Gasteiger partial charge in [0.2, 0.25) is 0 Å². The molecule has 112 valence electrons. The molecule has 0 aromatic heterocycles. The van der Waals surface area contributed by atoms with E-state index in [0.29, 0.717) is 18.6 Å². The molecule has 0 rings (SSSR count). The summed E-state index contributed by atoms with van der Waals surface area (Å²) < 4.78 is 5.01. The monoisotopic (exact) mass is 293 g/mol. The van der Waals surface area contributed by atoms with Gasteiger partial charge in [0.25, 0.3) is 0 Å². The van der Waals surface area contributed by atoms with Crippen LogP contribution < -0.4 is 5.32 Å². The summed E-state index contributed by atoms with van der Waals surface area (Å²) in [6.07, 6.45) is 0.285.